The first-order valence-corrected chi connectivity index (χ1v) is 8.59. The Bertz CT molecular complexity index is 1000. The van der Waals surface area contributed by atoms with Gasteiger partial charge in [-0.3, -0.25) is 9.59 Å². The van der Waals surface area contributed by atoms with Crippen LogP contribution >= 0.6 is 11.6 Å². The number of benzene rings is 2. The highest BCUT2D eigenvalue weighted by Gasteiger charge is 2.10. The van der Waals surface area contributed by atoms with Gasteiger partial charge in [-0.2, -0.15) is 0 Å². The van der Waals surface area contributed by atoms with Gasteiger partial charge in [-0.15, -0.1) is 0 Å². The maximum absolute atomic E-state index is 12.4. The Kier molecular flexibility index (Phi) is 5.47. The largest absolute Gasteiger partial charge is 0.324 e. The monoisotopic (exact) mass is 380 g/mol. The molecule has 0 saturated carbocycles. The second-order valence-electron chi connectivity index (χ2n) is 5.94. The lowest BCUT2D eigenvalue weighted by Gasteiger charge is -2.08. The molecule has 0 atom stereocenters. The number of hydrogen-bond acceptors (Lipinski definition) is 5. The molecule has 2 N–H and O–H groups in total. The fourth-order valence-corrected chi connectivity index (χ4v) is 2.51. The molecule has 0 aliphatic carbocycles. The summed E-state index contributed by atoms with van der Waals surface area (Å²) in [6.45, 7) is 3.40. The van der Waals surface area contributed by atoms with E-state index in [1.165, 1.54) is 19.2 Å². The van der Waals surface area contributed by atoms with Crippen LogP contribution in [-0.4, -0.2) is 21.7 Å². The number of hydrogen-bond donors (Lipinski definition) is 2. The number of nitrogens with one attached hydrogen (secondary N) is 2. The van der Waals surface area contributed by atoms with E-state index in [4.69, 9.17) is 11.6 Å². The molecule has 27 heavy (non-hydrogen) atoms. The van der Waals surface area contributed by atoms with Gasteiger partial charge in [0.1, 0.15) is 5.69 Å². The summed E-state index contributed by atoms with van der Waals surface area (Å²) < 4.78 is 0. The van der Waals surface area contributed by atoms with Crippen molar-refractivity contribution in [1.82, 2.24) is 9.97 Å². The average molecular weight is 381 g/mol. The fraction of sp³-hybridized carbons (Fsp3) is 0.100. The van der Waals surface area contributed by atoms with Crippen LogP contribution in [-0.2, 0) is 0 Å². The molecule has 2 aromatic carbocycles. The Morgan fingerprint density at radius 2 is 1.70 bits per heavy atom. The van der Waals surface area contributed by atoms with Crippen LogP contribution in [0.4, 0.5) is 17.3 Å². The molecule has 0 aliphatic rings. The molecule has 0 saturated heterocycles. The third kappa shape index (κ3) is 4.68. The number of carbonyl (C=O) groups excluding carboxylic acids is 2. The van der Waals surface area contributed by atoms with E-state index in [0.29, 0.717) is 22.0 Å². The third-order valence-electron chi connectivity index (χ3n) is 3.87. The molecule has 0 bridgehead atoms. The fourth-order valence-electron chi connectivity index (χ4n) is 2.33. The Morgan fingerprint density at radius 3 is 2.37 bits per heavy atom. The van der Waals surface area contributed by atoms with E-state index in [1.807, 2.05) is 13.0 Å². The Labute approximate surface area is 161 Å². The van der Waals surface area contributed by atoms with Crippen molar-refractivity contribution in [3.05, 3.63) is 76.6 Å². The third-order valence-corrected chi connectivity index (χ3v) is 4.27. The zero-order valence-corrected chi connectivity index (χ0v) is 15.5. The number of carbonyl (C=O) groups is 2. The van der Waals surface area contributed by atoms with E-state index >= 15 is 0 Å². The summed E-state index contributed by atoms with van der Waals surface area (Å²) >= 11 is 6.08. The molecule has 0 radical (unpaired) electrons. The molecule has 7 heteroatoms. The topological polar surface area (TPSA) is 84.0 Å². The molecule has 0 unspecified atom stereocenters. The van der Waals surface area contributed by atoms with Gasteiger partial charge >= 0.3 is 0 Å². The molecule has 3 aromatic rings. The van der Waals surface area contributed by atoms with Gasteiger partial charge in [0.2, 0.25) is 5.95 Å². The van der Waals surface area contributed by atoms with Crippen molar-refractivity contribution in [3.63, 3.8) is 0 Å². The second-order valence-corrected chi connectivity index (χ2v) is 6.35. The lowest BCUT2D eigenvalue weighted by atomic mass is 10.1. The summed E-state index contributed by atoms with van der Waals surface area (Å²) in [5.41, 5.74) is 3.06. The van der Waals surface area contributed by atoms with E-state index in [9.17, 15) is 9.59 Å². The predicted octanol–water partition coefficient (Wildman–Crippen LogP) is 4.64. The van der Waals surface area contributed by atoms with E-state index < -0.39 is 0 Å². The number of nitrogens with zero attached hydrogens (tertiary/aromatic N) is 2. The van der Waals surface area contributed by atoms with Gasteiger partial charge < -0.3 is 10.6 Å². The lowest BCUT2D eigenvalue weighted by Crippen LogP contribution is -2.14. The number of rotatable bonds is 5. The number of aromatic nitrogens is 2. The lowest BCUT2D eigenvalue weighted by molar-refractivity contribution is 0.101. The molecular formula is C20H17ClN4O2. The molecule has 0 spiro atoms. The SMILES string of the molecule is CC(=O)c1ccc(Nc2nccc(C(=O)Nc3ccc(C)c(Cl)c3)n2)cc1. The normalized spacial score (nSPS) is 10.3. The van der Waals surface area contributed by atoms with Crippen molar-refractivity contribution in [2.45, 2.75) is 13.8 Å². The summed E-state index contributed by atoms with van der Waals surface area (Å²) in [5, 5.41) is 6.35. The highest BCUT2D eigenvalue weighted by Crippen LogP contribution is 2.20. The quantitative estimate of drug-likeness (QED) is 0.630. The molecule has 136 valence electrons. The van der Waals surface area contributed by atoms with Crippen LogP contribution < -0.4 is 10.6 Å². The minimum atomic E-state index is -0.368. The van der Waals surface area contributed by atoms with Crippen LogP contribution in [0.2, 0.25) is 5.02 Å². The smallest absolute Gasteiger partial charge is 0.274 e. The molecule has 1 amide bonds. The van der Waals surface area contributed by atoms with Crippen molar-refractivity contribution < 1.29 is 9.59 Å². The molecule has 6 nitrogen and oxygen atoms in total. The summed E-state index contributed by atoms with van der Waals surface area (Å²) in [4.78, 5) is 32.1. The predicted molar refractivity (Wildman–Crippen MR) is 106 cm³/mol. The molecule has 1 aromatic heterocycles. The zero-order chi connectivity index (χ0) is 19.4. The first-order chi connectivity index (χ1) is 12.9. The molecule has 1 heterocycles. The van der Waals surface area contributed by atoms with Gasteiger partial charge in [0, 0.05) is 28.2 Å². The van der Waals surface area contributed by atoms with E-state index in [1.54, 1.807) is 36.4 Å². The first kappa shape index (κ1) is 18.5. The summed E-state index contributed by atoms with van der Waals surface area (Å²) in [5.74, 6) is -0.0971. The van der Waals surface area contributed by atoms with Crippen LogP contribution in [0.1, 0.15) is 33.3 Å². The Morgan fingerprint density at radius 1 is 1.00 bits per heavy atom. The van der Waals surface area contributed by atoms with E-state index in [-0.39, 0.29) is 23.3 Å². The number of ketones is 1. The Hall–Kier alpha value is -3.25. The van der Waals surface area contributed by atoms with Crippen molar-refractivity contribution in [2.75, 3.05) is 10.6 Å². The van der Waals surface area contributed by atoms with Crippen LogP contribution in [0.3, 0.4) is 0 Å². The number of amides is 1. The summed E-state index contributed by atoms with van der Waals surface area (Å²) in [6.07, 6.45) is 1.50. The van der Waals surface area contributed by atoms with Gasteiger partial charge in [0.25, 0.3) is 5.91 Å². The molecule has 0 fully saturated rings. The number of Topliss-reactive ketones (excluding diaryl/α,β-unsaturated/α-hetero) is 1. The summed E-state index contributed by atoms with van der Waals surface area (Å²) in [6, 6.07) is 13.7. The van der Waals surface area contributed by atoms with Crippen LogP contribution in [0.25, 0.3) is 0 Å². The maximum Gasteiger partial charge on any atom is 0.274 e. The highest BCUT2D eigenvalue weighted by molar-refractivity contribution is 6.31. The van der Waals surface area contributed by atoms with Crippen molar-refractivity contribution in [1.29, 1.82) is 0 Å². The van der Waals surface area contributed by atoms with Crippen LogP contribution in [0, 0.1) is 6.92 Å². The number of anilines is 3. The van der Waals surface area contributed by atoms with Crippen molar-refractivity contribution in [3.8, 4) is 0 Å². The molecule has 3 rings (SSSR count). The maximum atomic E-state index is 12.4. The first-order valence-electron chi connectivity index (χ1n) is 8.21. The summed E-state index contributed by atoms with van der Waals surface area (Å²) in [7, 11) is 0. The second kappa shape index (κ2) is 7.97. The number of halogens is 1. The zero-order valence-electron chi connectivity index (χ0n) is 14.8. The standard InChI is InChI=1S/C20H17ClN4O2/c1-12-3-6-16(11-17(12)21)23-19(27)18-9-10-22-20(25-18)24-15-7-4-14(5-8-15)13(2)26/h3-11H,1-2H3,(H,23,27)(H,22,24,25). The van der Waals surface area contributed by atoms with Gasteiger partial charge in [0.15, 0.2) is 5.78 Å². The van der Waals surface area contributed by atoms with Gasteiger partial charge in [-0.1, -0.05) is 17.7 Å². The van der Waals surface area contributed by atoms with E-state index in [2.05, 4.69) is 20.6 Å². The minimum Gasteiger partial charge on any atom is -0.324 e. The molecule has 0 aliphatic heterocycles. The van der Waals surface area contributed by atoms with Gasteiger partial charge in [-0.25, -0.2) is 9.97 Å². The van der Waals surface area contributed by atoms with Gasteiger partial charge in [0.05, 0.1) is 0 Å². The van der Waals surface area contributed by atoms with E-state index in [0.717, 1.165) is 5.56 Å². The number of aryl methyl sites for hydroxylation is 1. The Balaban J connectivity index is 1.73. The van der Waals surface area contributed by atoms with Crippen LogP contribution in [0.15, 0.2) is 54.7 Å². The van der Waals surface area contributed by atoms with Crippen molar-refractivity contribution >= 4 is 40.6 Å². The minimum absolute atomic E-state index is 0.00678. The highest BCUT2D eigenvalue weighted by atomic mass is 35.5. The molecular weight excluding hydrogens is 364 g/mol. The average Bonchev–Trinajstić information content (AvgIpc) is 2.65. The van der Waals surface area contributed by atoms with Crippen LogP contribution in [0.5, 0.6) is 0 Å². The van der Waals surface area contributed by atoms with Crippen molar-refractivity contribution in [2.24, 2.45) is 0 Å². The van der Waals surface area contributed by atoms with Gasteiger partial charge in [-0.05, 0) is 61.9 Å².